The van der Waals surface area contributed by atoms with E-state index in [9.17, 15) is 0 Å². The van der Waals surface area contributed by atoms with Gasteiger partial charge in [-0.25, -0.2) is 0 Å². The first-order valence-corrected chi connectivity index (χ1v) is 3.40. The van der Waals surface area contributed by atoms with Gasteiger partial charge in [0.1, 0.15) is 0 Å². The summed E-state index contributed by atoms with van der Waals surface area (Å²) in [6, 6.07) is 16.7. The summed E-state index contributed by atoms with van der Waals surface area (Å²) < 4.78 is 0. The Morgan fingerprint density at radius 2 is 0.833 bits per heavy atom. The van der Waals surface area contributed by atoms with E-state index in [-0.39, 0.29) is 18.6 Å². The fourth-order valence-electron chi connectivity index (χ4n) is 1.13. The number of hydrogen-bond acceptors (Lipinski definition) is 1. The molecule has 0 saturated heterocycles. The van der Waals surface area contributed by atoms with Gasteiger partial charge in [0.25, 0.3) is 0 Å². The average Bonchev–Trinajstić information content (AvgIpc) is 2.05. The molecule has 3 N–H and O–H groups in total. The van der Waals surface area contributed by atoms with Gasteiger partial charge in [-0.2, -0.15) is 0 Å². The molecule has 12 heavy (non-hydrogen) atoms. The Hall–Kier alpha value is -1.05. The zero-order valence-electron chi connectivity index (χ0n) is 6.73. The lowest BCUT2D eigenvalue weighted by molar-refractivity contribution is 1.75. The van der Waals surface area contributed by atoms with Crippen LogP contribution >= 0.6 is 12.4 Å². The highest BCUT2D eigenvalue weighted by Gasteiger charge is 1.85. The smallest absolute Gasteiger partial charge is 0.0184 e. The van der Waals surface area contributed by atoms with Crippen LogP contribution in [0.5, 0.6) is 0 Å². The minimum Gasteiger partial charge on any atom is -0.344 e. The summed E-state index contributed by atoms with van der Waals surface area (Å²) in [5.41, 5.74) is 0. The molecule has 0 heterocycles. The maximum Gasteiger partial charge on any atom is -0.0184 e. The molecule has 0 saturated carbocycles. The Morgan fingerprint density at radius 1 is 0.583 bits per heavy atom. The van der Waals surface area contributed by atoms with Gasteiger partial charge in [-0.3, -0.25) is 0 Å². The lowest BCUT2D eigenvalue weighted by Gasteiger charge is -1.92. The van der Waals surface area contributed by atoms with Crippen molar-refractivity contribution in [2.24, 2.45) is 0 Å². The van der Waals surface area contributed by atoms with Crippen LogP contribution in [0.15, 0.2) is 48.5 Å². The Morgan fingerprint density at radius 3 is 1.08 bits per heavy atom. The van der Waals surface area contributed by atoms with E-state index in [0.29, 0.717) is 0 Å². The van der Waals surface area contributed by atoms with Crippen molar-refractivity contribution in [1.82, 2.24) is 6.15 Å². The SMILES string of the molecule is Cl.N.c1ccc2ccccc2c1. The molecule has 2 aromatic carbocycles. The van der Waals surface area contributed by atoms with Crippen LogP contribution in [0.4, 0.5) is 0 Å². The Bertz CT molecular complexity index is 281. The molecule has 64 valence electrons. The van der Waals surface area contributed by atoms with E-state index in [1.807, 2.05) is 0 Å². The third kappa shape index (κ3) is 1.97. The van der Waals surface area contributed by atoms with Crippen LogP contribution in [0.2, 0.25) is 0 Å². The minimum atomic E-state index is 0. The second kappa shape index (κ2) is 4.75. The molecule has 0 aromatic heterocycles. The van der Waals surface area contributed by atoms with E-state index in [1.165, 1.54) is 10.8 Å². The van der Waals surface area contributed by atoms with Crippen molar-refractivity contribution in [3.63, 3.8) is 0 Å². The van der Waals surface area contributed by atoms with Crippen molar-refractivity contribution in [3.05, 3.63) is 48.5 Å². The summed E-state index contributed by atoms with van der Waals surface area (Å²) in [5.74, 6) is 0. The van der Waals surface area contributed by atoms with Crippen molar-refractivity contribution in [2.75, 3.05) is 0 Å². The van der Waals surface area contributed by atoms with Gasteiger partial charge in [-0.15, -0.1) is 12.4 Å². The molecule has 0 fully saturated rings. The molecule has 0 bridgehead atoms. The molecule has 0 atom stereocenters. The molecule has 0 aliphatic rings. The fraction of sp³-hybridized carbons (Fsp3) is 0. The topological polar surface area (TPSA) is 35.0 Å². The van der Waals surface area contributed by atoms with E-state index in [4.69, 9.17) is 0 Å². The molecule has 1 nitrogen and oxygen atoms in total. The highest BCUT2D eigenvalue weighted by atomic mass is 35.5. The standard InChI is InChI=1S/C10H8.ClH.H3N/c1-2-6-10-8-4-3-7-9(10)5-1;;/h1-8H;1H;1H3. The van der Waals surface area contributed by atoms with Crippen LogP contribution in [0.1, 0.15) is 0 Å². The summed E-state index contributed by atoms with van der Waals surface area (Å²) in [5, 5.41) is 2.62. The van der Waals surface area contributed by atoms with E-state index in [1.54, 1.807) is 0 Å². The predicted octanol–water partition coefficient (Wildman–Crippen LogP) is 3.42. The molecule has 0 radical (unpaired) electrons. The summed E-state index contributed by atoms with van der Waals surface area (Å²) in [6.45, 7) is 0. The molecule has 2 aromatic rings. The zero-order valence-corrected chi connectivity index (χ0v) is 7.55. The molecule has 0 unspecified atom stereocenters. The van der Waals surface area contributed by atoms with Gasteiger partial charge >= 0.3 is 0 Å². The highest BCUT2D eigenvalue weighted by molar-refractivity contribution is 5.85. The van der Waals surface area contributed by atoms with Crippen molar-refractivity contribution in [1.29, 1.82) is 0 Å². The first kappa shape index (κ1) is 11.0. The molecule has 2 rings (SSSR count). The molecule has 0 aliphatic carbocycles. The molecule has 0 amide bonds. The van der Waals surface area contributed by atoms with Gasteiger partial charge in [0.15, 0.2) is 0 Å². The monoisotopic (exact) mass is 181 g/mol. The van der Waals surface area contributed by atoms with Crippen molar-refractivity contribution in [2.45, 2.75) is 0 Å². The first-order valence-electron chi connectivity index (χ1n) is 3.40. The second-order valence-electron chi connectivity index (χ2n) is 2.35. The number of rotatable bonds is 0. The van der Waals surface area contributed by atoms with Crippen molar-refractivity contribution in [3.8, 4) is 0 Å². The van der Waals surface area contributed by atoms with Crippen LogP contribution in [0, 0.1) is 0 Å². The maximum atomic E-state index is 2.12. The summed E-state index contributed by atoms with van der Waals surface area (Å²) in [4.78, 5) is 0. The van der Waals surface area contributed by atoms with Crippen molar-refractivity contribution < 1.29 is 0 Å². The number of halogens is 1. The Kier molecular flexibility index (Phi) is 4.34. The molecular weight excluding hydrogens is 170 g/mol. The molecule has 2 heteroatoms. The lowest BCUT2D eigenvalue weighted by Crippen LogP contribution is -1.67. The number of fused-ring (bicyclic) bond motifs is 1. The largest absolute Gasteiger partial charge is 0.344 e. The number of benzene rings is 2. The maximum absolute atomic E-state index is 2.12. The quantitative estimate of drug-likeness (QED) is 0.664. The van der Waals surface area contributed by atoms with E-state index < -0.39 is 0 Å². The average molecular weight is 182 g/mol. The van der Waals surface area contributed by atoms with Gasteiger partial charge in [-0.05, 0) is 10.8 Å². The van der Waals surface area contributed by atoms with E-state index in [0.717, 1.165) is 0 Å². The van der Waals surface area contributed by atoms with Crippen LogP contribution in [0.3, 0.4) is 0 Å². The normalized spacial score (nSPS) is 8.33. The molecule has 0 spiro atoms. The van der Waals surface area contributed by atoms with Crippen LogP contribution < -0.4 is 6.15 Å². The van der Waals surface area contributed by atoms with Gasteiger partial charge in [0, 0.05) is 0 Å². The third-order valence-electron chi connectivity index (χ3n) is 1.66. The van der Waals surface area contributed by atoms with E-state index >= 15 is 0 Å². The summed E-state index contributed by atoms with van der Waals surface area (Å²) in [6.07, 6.45) is 0. The van der Waals surface area contributed by atoms with Crippen molar-refractivity contribution >= 4 is 23.2 Å². The Labute approximate surface area is 78.4 Å². The van der Waals surface area contributed by atoms with Gasteiger partial charge in [-0.1, -0.05) is 48.5 Å². The second-order valence-corrected chi connectivity index (χ2v) is 2.35. The van der Waals surface area contributed by atoms with Crippen LogP contribution in [-0.2, 0) is 0 Å². The van der Waals surface area contributed by atoms with Gasteiger partial charge in [0.05, 0.1) is 0 Å². The molecular formula is C10H12ClN. The third-order valence-corrected chi connectivity index (χ3v) is 1.66. The number of hydrogen-bond donors (Lipinski definition) is 1. The fourth-order valence-corrected chi connectivity index (χ4v) is 1.13. The zero-order chi connectivity index (χ0) is 6.81. The van der Waals surface area contributed by atoms with Crippen LogP contribution in [0.25, 0.3) is 10.8 Å². The van der Waals surface area contributed by atoms with Gasteiger partial charge < -0.3 is 6.15 Å². The summed E-state index contributed by atoms with van der Waals surface area (Å²) >= 11 is 0. The molecule has 0 aliphatic heterocycles. The minimum absolute atomic E-state index is 0. The van der Waals surface area contributed by atoms with E-state index in [2.05, 4.69) is 48.5 Å². The summed E-state index contributed by atoms with van der Waals surface area (Å²) in [7, 11) is 0. The predicted molar refractivity (Wildman–Crippen MR) is 56.2 cm³/mol. The first-order chi connectivity index (χ1) is 4.97. The Balaban J connectivity index is 0.000000605. The lowest BCUT2D eigenvalue weighted by atomic mass is 10.1. The van der Waals surface area contributed by atoms with Gasteiger partial charge in [0.2, 0.25) is 0 Å². The van der Waals surface area contributed by atoms with Crippen LogP contribution in [-0.4, -0.2) is 0 Å². The highest BCUT2D eigenvalue weighted by Crippen LogP contribution is 2.11.